The molecule has 1 atom stereocenters. The smallest absolute Gasteiger partial charge is 0.222 e. The first-order valence-electron chi connectivity index (χ1n) is 3.02. The number of ether oxygens (including phenoxy) is 3. The third kappa shape index (κ3) is 4.76. The Morgan fingerprint density at radius 2 is 1.55 bits per heavy atom. The van der Waals surface area contributed by atoms with Crippen LogP contribution in [0.15, 0.2) is 0 Å². The van der Waals surface area contributed by atoms with Crippen LogP contribution >= 0.6 is 0 Å². The second-order valence-corrected chi connectivity index (χ2v) is 1.68. The molecule has 0 amide bonds. The lowest BCUT2D eigenvalue weighted by Crippen LogP contribution is -2.12. The Hall–Kier alpha value is -0.600. The molecule has 4 nitrogen and oxygen atoms in total. The Balaban J connectivity index is 3.82. The molecule has 0 saturated carbocycles. The van der Waals surface area contributed by atoms with Crippen LogP contribution in [0, 0.1) is 11.8 Å². The molecule has 1 N–H and O–H groups in total. The van der Waals surface area contributed by atoms with E-state index in [1.54, 1.807) is 0 Å². The van der Waals surface area contributed by atoms with Gasteiger partial charge in [0.1, 0.15) is 0 Å². The molecule has 0 bridgehead atoms. The molecule has 64 valence electrons. The van der Waals surface area contributed by atoms with Gasteiger partial charge in [-0.3, -0.25) is 0 Å². The van der Waals surface area contributed by atoms with Crippen molar-refractivity contribution in [2.75, 3.05) is 21.3 Å². The second kappa shape index (κ2) is 6.13. The van der Waals surface area contributed by atoms with Gasteiger partial charge in [-0.2, -0.15) is 0 Å². The highest BCUT2D eigenvalue weighted by Crippen LogP contribution is 1.87. The molecule has 0 aromatic carbocycles. The van der Waals surface area contributed by atoms with Crippen molar-refractivity contribution < 1.29 is 19.3 Å². The summed E-state index contributed by atoms with van der Waals surface area (Å²) in [6, 6.07) is 0. The van der Waals surface area contributed by atoms with Gasteiger partial charge in [-0.05, 0) is 11.8 Å². The van der Waals surface area contributed by atoms with Crippen molar-refractivity contribution in [1.29, 1.82) is 0 Å². The number of aliphatic hydroxyl groups excluding tert-OH is 1. The molecule has 0 fully saturated rings. The molecule has 0 aliphatic carbocycles. The summed E-state index contributed by atoms with van der Waals surface area (Å²) in [5.74, 6) is 4.87. The minimum atomic E-state index is -1.08. The molecule has 1 unspecified atom stereocenters. The summed E-state index contributed by atoms with van der Waals surface area (Å²) in [5, 5.41) is 8.79. The van der Waals surface area contributed by atoms with E-state index in [-0.39, 0.29) is 0 Å². The number of rotatable bonds is 3. The molecular weight excluding hydrogens is 148 g/mol. The molecule has 4 heteroatoms. The second-order valence-electron chi connectivity index (χ2n) is 1.68. The van der Waals surface area contributed by atoms with Gasteiger partial charge in [0.2, 0.25) is 12.6 Å². The van der Waals surface area contributed by atoms with E-state index in [0.29, 0.717) is 0 Å². The predicted octanol–water partition coefficient (Wildman–Crippen LogP) is -0.427. The molecule has 0 radical (unpaired) electrons. The number of methoxy groups -OCH3 is 3. The summed E-state index contributed by atoms with van der Waals surface area (Å²) < 4.78 is 13.9. The van der Waals surface area contributed by atoms with Gasteiger partial charge in [0, 0.05) is 21.3 Å². The monoisotopic (exact) mass is 160 g/mol. The minimum Gasteiger partial charge on any atom is -0.358 e. The maximum atomic E-state index is 8.79. The van der Waals surface area contributed by atoms with E-state index in [0.717, 1.165) is 0 Å². The normalized spacial score (nSPS) is 12.5. The summed E-state index contributed by atoms with van der Waals surface area (Å²) in [7, 11) is 4.28. The van der Waals surface area contributed by atoms with Gasteiger partial charge in [-0.25, -0.2) is 0 Å². The fourth-order valence-electron chi connectivity index (χ4n) is 0.412. The first-order chi connectivity index (χ1) is 5.24. The molecule has 11 heavy (non-hydrogen) atoms. The maximum absolute atomic E-state index is 8.79. The summed E-state index contributed by atoms with van der Waals surface area (Å²) >= 11 is 0. The lowest BCUT2D eigenvalue weighted by atomic mass is 10.5. The SMILES string of the molecule is COC(O)C#CC(OC)OC. The summed E-state index contributed by atoms with van der Waals surface area (Å²) in [6.07, 6.45) is -1.69. The standard InChI is InChI=1S/C7H12O4/c1-9-6(8)4-5-7(10-2)11-3/h6-8H,1-3H3. The Morgan fingerprint density at radius 3 is 1.91 bits per heavy atom. The average molecular weight is 160 g/mol. The van der Waals surface area contributed by atoms with Gasteiger partial charge in [-0.15, -0.1) is 0 Å². The Bertz CT molecular complexity index is 142. The summed E-state index contributed by atoms with van der Waals surface area (Å²) in [4.78, 5) is 0. The number of hydrogen-bond donors (Lipinski definition) is 1. The van der Waals surface area contributed by atoms with E-state index in [2.05, 4.69) is 16.6 Å². The summed E-state index contributed by atoms with van der Waals surface area (Å²) in [5.41, 5.74) is 0. The van der Waals surface area contributed by atoms with Gasteiger partial charge < -0.3 is 19.3 Å². The molecule has 0 spiro atoms. The Kier molecular flexibility index (Phi) is 5.80. The third-order valence-electron chi connectivity index (χ3n) is 0.976. The highest BCUT2D eigenvalue weighted by atomic mass is 16.7. The van der Waals surface area contributed by atoms with Crippen LogP contribution in [0.4, 0.5) is 0 Å². The fourth-order valence-corrected chi connectivity index (χ4v) is 0.412. The van der Waals surface area contributed by atoms with Crippen molar-refractivity contribution in [2.45, 2.75) is 12.6 Å². The number of hydrogen-bond acceptors (Lipinski definition) is 4. The predicted molar refractivity (Wildman–Crippen MR) is 38.6 cm³/mol. The van der Waals surface area contributed by atoms with E-state index in [4.69, 9.17) is 14.6 Å². The van der Waals surface area contributed by atoms with Gasteiger partial charge in [0.05, 0.1) is 0 Å². The van der Waals surface area contributed by atoms with E-state index in [9.17, 15) is 0 Å². The van der Waals surface area contributed by atoms with Gasteiger partial charge >= 0.3 is 0 Å². The van der Waals surface area contributed by atoms with Crippen LogP contribution in [-0.2, 0) is 14.2 Å². The largest absolute Gasteiger partial charge is 0.358 e. The zero-order valence-electron chi connectivity index (χ0n) is 6.83. The van der Waals surface area contributed by atoms with E-state index >= 15 is 0 Å². The molecule has 0 rings (SSSR count). The first kappa shape index (κ1) is 10.4. The van der Waals surface area contributed by atoms with Crippen molar-refractivity contribution in [3.05, 3.63) is 0 Å². The topological polar surface area (TPSA) is 47.9 Å². The van der Waals surface area contributed by atoms with Crippen LogP contribution < -0.4 is 0 Å². The van der Waals surface area contributed by atoms with Crippen molar-refractivity contribution in [2.24, 2.45) is 0 Å². The van der Waals surface area contributed by atoms with Crippen LogP contribution in [0.25, 0.3) is 0 Å². The van der Waals surface area contributed by atoms with E-state index in [1.165, 1.54) is 21.3 Å². The lowest BCUT2D eigenvalue weighted by molar-refractivity contribution is -0.0616. The summed E-state index contributed by atoms with van der Waals surface area (Å²) in [6.45, 7) is 0. The molecule has 0 aromatic rings. The quantitative estimate of drug-likeness (QED) is 0.449. The lowest BCUT2D eigenvalue weighted by Gasteiger charge is -2.04. The van der Waals surface area contributed by atoms with Gasteiger partial charge in [0.25, 0.3) is 0 Å². The van der Waals surface area contributed by atoms with E-state index < -0.39 is 12.6 Å². The Morgan fingerprint density at radius 1 is 1.00 bits per heavy atom. The van der Waals surface area contributed by atoms with Gasteiger partial charge in [-0.1, -0.05) is 0 Å². The minimum absolute atomic E-state index is 0.611. The number of aliphatic hydroxyl groups is 1. The zero-order valence-corrected chi connectivity index (χ0v) is 6.83. The molecule has 0 aliphatic heterocycles. The fraction of sp³-hybridized carbons (Fsp3) is 0.714. The van der Waals surface area contributed by atoms with Crippen LogP contribution in [0.5, 0.6) is 0 Å². The first-order valence-corrected chi connectivity index (χ1v) is 3.02. The van der Waals surface area contributed by atoms with Crippen LogP contribution in [-0.4, -0.2) is 39.0 Å². The molecule has 0 heterocycles. The average Bonchev–Trinajstić information content (AvgIpc) is 2.06. The third-order valence-corrected chi connectivity index (χ3v) is 0.976. The molecule has 0 saturated heterocycles. The van der Waals surface area contributed by atoms with Crippen molar-refractivity contribution in [1.82, 2.24) is 0 Å². The molecular formula is C7H12O4. The zero-order chi connectivity index (χ0) is 8.69. The van der Waals surface area contributed by atoms with Crippen LogP contribution in [0.2, 0.25) is 0 Å². The highest BCUT2D eigenvalue weighted by Gasteiger charge is 1.98. The molecule has 0 aliphatic rings. The van der Waals surface area contributed by atoms with Crippen molar-refractivity contribution in [3.63, 3.8) is 0 Å². The van der Waals surface area contributed by atoms with Crippen molar-refractivity contribution >= 4 is 0 Å². The Labute approximate surface area is 66.1 Å². The van der Waals surface area contributed by atoms with Crippen molar-refractivity contribution in [3.8, 4) is 11.8 Å². The van der Waals surface area contributed by atoms with E-state index in [1.807, 2.05) is 0 Å². The van der Waals surface area contributed by atoms with Gasteiger partial charge in [0.15, 0.2) is 0 Å². The van der Waals surface area contributed by atoms with Crippen LogP contribution in [0.3, 0.4) is 0 Å². The molecule has 0 aromatic heterocycles. The maximum Gasteiger partial charge on any atom is 0.222 e. The van der Waals surface area contributed by atoms with Crippen LogP contribution in [0.1, 0.15) is 0 Å². The highest BCUT2D eigenvalue weighted by molar-refractivity contribution is 5.04.